The first kappa shape index (κ1) is 16.3. The van der Waals surface area contributed by atoms with Crippen LogP contribution < -0.4 is 10.2 Å². The summed E-state index contributed by atoms with van der Waals surface area (Å²) in [6.45, 7) is 6.64. The Labute approximate surface area is 154 Å². The predicted octanol–water partition coefficient (Wildman–Crippen LogP) is 4.82. The van der Waals surface area contributed by atoms with Gasteiger partial charge in [0.1, 0.15) is 5.82 Å². The fourth-order valence-corrected chi connectivity index (χ4v) is 3.47. The lowest BCUT2D eigenvalue weighted by atomic mass is 10.1. The molecule has 0 saturated heterocycles. The summed E-state index contributed by atoms with van der Waals surface area (Å²) in [6, 6.07) is 21.2. The van der Waals surface area contributed by atoms with Crippen molar-refractivity contribution in [3.8, 4) is 11.3 Å². The molecule has 0 bridgehead atoms. The Morgan fingerprint density at radius 1 is 1.12 bits per heavy atom. The van der Waals surface area contributed by atoms with E-state index in [0.29, 0.717) is 18.5 Å². The molecule has 0 spiro atoms. The van der Waals surface area contributed by atoms with E-state index in [4.69, 9.17) is 9.97 Å². The lowest BCUT2D eigenvalue weighted by Crippen LogP contribution is -2.25. The maximum Gasteiger partial charge on any atom is 0.225 e. The second kappa shape index (κ2) is 7.00. The number of fused-ring (bicyclic) bond motifs is 1. The monoisotopic (exact) mass is 342 g/mol. The Kier molecular flexibility index (Phi) is 4.40. The van der Waals surface area contributed by atoms with E-state index >= 15 is 0 Å². The highest BCUT2D eigenvalue weighted by atomic mass is 15.3. The highest BCUT2D eigenvalue weighted by Crippen LogP contribution is 2.38. The molecule has 1 N–H and O–H groups in total. The van der Waals surface area contributed by atoms with Crippen LogP contribution in [0.5, 0.6) is 0 Å². The molecule has 4 nitrogen and oxygen atoms in total. The van der Waals surface area contributed by atoms with E-state index < -0.39 is 0 Å². The van der Waals surface area contributed by atoms with Crippen molar-refractivity contribution >= 4 is 17.5 Å². The van der Waals surface area contributed by atoms with Crippen LogP contribution in [0.25, 0.3) is 11.3 Å². The molecule has 2 heterocycles. The van der Waals surface area contributed by atoms with Crippen molar-refractivity contribution in [3.05, 3.63) is 78.9 Å². The number of aromatic nitrogens is 2. The van der Waals surface area contributed by atoms with Crippen LogP contribution in [-0.4, -0.2) is 22.6 Å². The Hall–Kier alpha value is -3.14. The summed E-state index contributed by atoms with van der Waals surface area (Å²) in [5.41, 5.74) is 4.59. The van der Waals surface area contributed by atoms with E-state index in [-0.39, 0.29) is 0 Å². The van der Waals surface area contributed by atoms with Gasteiger partial charge in [0.2, 0.25) is 5.95 Å². The molecule has 3 aromatic rings. The first-order chi connectivity index (χ1) is 12.8. The molecule has 0 aliphatic carbocycles. The van der Waals surface area contributed by atoms with Crippen LogP contribution >= 0.6 is 0 Å². The Balaban J connectivity index is 1.81. The van der Waals surface area contributed by atoms with Gasteiger partial charge in [0.05, 0.1) is 5.69 Å². The standard InChI is InChI=1S/C22H22N4/c1-3-13-23-22-24-19(17-9-5-4-6-10-17)15-21(25-22)26-16(2)14-18-11-7-8-12-20(18)26/h3-12,15-16H,1,13-14H2,2H3,(H,23,24,25). The van der Waals surface area contributed by atoms with Gasteiger partial charge in [-0.05, 0) is 25.0 Å². The minimum absolute atomic E-state index is 0.359. The number of nitrogens with one attached hydrogen (secondary N) is 1. The number of nitrogens with zero attached hydrogens (tertiary/aromatic N) is 3. The summed E-state index contributed by atoms with van der Waals surface area (Å²) in [5.74, 6) is 1.54. The van der Waals surface area contributed by atoms with Gasteiger partial charge in [0, 0.05) is 29.9 Å². The molecule has 0 fully saturated rings. The molecule has 1 aliphatic heterocycles. The molecule has 0 amide bonds. The highest BCUT2D eigenvalue weighted by molar-refractivity contribution is 5.73. The van der Waals surface area contributed by atoms with Crippen LogP contribution in [0.4, 0.5) is 17.5 Å². The lowest BCUT2D eigenvalue weighted by Gasteiger charge is -2.24. The molecule has 1 aliphatic rings. The minimum Gasteiger partial charge on any atom is -0.351 e. The lowest BCUT2D eigenvalue weighted by molar-refractivity contribution is 0.749. The Morgan fingerprint density at radius 2 is 1.88 bits per heavy atom. The van der Waals surface area contributed by atoms with Gasteiger partial charge in [0.15, 0.2) is 0 Å². The van der Waals surface area contributed by atoms with Crippen molar-refractivity contribution in [2.24, 2.45) is 0 Å². The average molecular weight is 342 g/mol. The SMILES string of the molecule is C=CCNc1nc(-c2ccccc2)cc(N2c3ccccc3CC2C)n1. The predicted molar refractivity (Wildman–Crippen MR) is 108 cm³/mol. The molecule has 1 atom stereocenters. The van der Waals surface area contributed by atoms with Crippen LogP contribution in [0, 0.1) is 0 Å². The van der Waals surface area contributed by atoms with Crippen LogP contribution in [0.15, 0.2) is 73.3 Å². The molecule has 2 aromatic carbocycles. The third-order valence-corrected chi connectivity index (χ3v) is 4.64. The quantitative estimate of drug-likeness (QED) is 0.675. The normalized spacial score (nSPS) is 15.6. The molecular weight excluding hydrogens is 320 g/mol. The van der Waals surface area contributed by atoms with Gasteiger partial charge in [-0.15, -0.1) is 6.58 Å². The second-order valence-corrected chi connectivity index (χ2v) is 6.52. The molecule has 4 rings (SSSR count). The van der Waals surface area contributed by atoms with Crippen LogP contribution in [-0.2, 0) is 6.42 Å². The van der Waals surface area contributed by atoms with Crippen molar-refractivity contribution < 1.29 is 0 Å². The summed E-state index contributed by atoms with van der Waals surface area (Å²) < 4.78 is 0. The number of anilines is 3. The number of hydrogen-bond donors (Lipinski definition) is 1. The van der Waals surface area contributed by atoms with E-state index in [2.05, 4.69) is 66.2 Å². The first-order valence-electron chi connectivity index (χ1n) is 8.92. The van der Waals surface area contributed by atoms with Gasteiger partial charge in [-0.2, -0.15) is 4.98 Å². The van der Waals surface area contributed by atoms with Gasteiger partial charge in [-0.1, -0.05) is 54.6 Å². The fraction of sp³-hybridized carbons (Fsp3) is 0.182. The van der Waals surface area contributed by atoms with Gasteiger partial charge in [0.25, 0.3) is 0 Å². The van der Waals surface area contributed by atoms with E-state index in [1.807, 2.05) is 24.3 Å². The topological polar surface area (TPSA) is 41.1 Å². The van der Waals surface area contributed by atoms with Gasteiger partial charge < -0.3 is 10.2 Å². The number of benzene rings is 2. The molecule has 0 radical (unpaired) electrons. The molecule has 4 heteroatoms. The number of rotatable bonds is 5. The van der Waals surface area contributed by atoms with Crippen molar-refractivity contribution in [1.29, 1.82) is 0 Å². The van der Waals surface area contributed by atoms with Crippen LogP contribution in [0.2, 0.25) is 0 Å². The molecule has 130 valence electrons. The Bertz CT molecular complexity index is 920. The largest absolute Gasteiger partial charge is 0.351 e. The van der Waals surface area contributed by atoms with Crippen LogP contribution in [0.1, 0.15) is 12.5 Å². The zero-order valence-corrected chi connectivity index (χ0v) is 14.9. The van der Waals surface area contributed by atoms with Gasteiger partial charge in [-0.3, -0.25) is 0 Å². The van der Waals surface area contributed by atoms with Crippen molar-refractivity contribution in [2.75, 3.05) is 16.8 Å². The molecule has 0 saturated carbocycles. The van der Waals surface area contributed by atoms with E-state index in [1.54, 1.807) is 0 Å². The fourth-order valence-electron chi connectivity index (χ4n) is 3.47. The maximum absolute atomic E-state index is 4.78. The van der Waals surface area contributed by atoms with Crippen molar-refractivity contribution in [3.63, 3.8) is 0 Å². The van der Waals surface area contributed by atoms with Crippen molar-refractivity contribution in [1.82, 2.24) is 9.97 Å². The van der Waals surface area contributed by atoms with E-state index in [9.17, 15) is 0 Å². The molecule has 1 aromatic heterocycles. The van der Waals surface area contributed by atoms with Crippen LogP contribution in [0.3, 0.4) is 0 Å². The maximum atomic E-state index is 4.78. The van der Waals surface area contributed by atoms with Crippen molar-refractivity contribution in [2.45, 2.75) is 19.4 Å². The summed E-state index contributed by atoms with van der Waals surface area (Å²) in [4.78, 5) is 11.8. The molecular formula is C22H22N4. The van der Waals surface area contributed by atoms with Gasteiger partial charge in [-0.25, -0.2) is 4.98 Å². The first-order valence-corrected chi connectivity index (χ1v) is 8.92. The average Bonchev–Trinajstić information content (AvgIpc) is 3.02. The third kappa shape index (κ3) is 3.06. The zero-order valence-electron chi connectivity index (χ0n) is 14.9. The highest BCUT2D eigenvalue weighted by Gasteiger charge is 2.28. The number of para-hydroxylation sites is 1. The van der Waals surface area contributed by atoms with Gasteiger partial charge >= 0.3 is 0 Å². The summed E-state index contributed by atoms with van der Waals surface area (Å²) in [6.07, 6.45) is 2.84. The molecule has 1 unspecified atom stereocenters. The third-order valence-electron chi connectivity index (χ3n) is 4.64. The summed E-state index contributed by atoms with van der Waals surface area (Å²) in [5, 5.41) is 3.24. The number of hydrogen-bond acceptors (Lipinski definition) is 4. The summed E-state index contributed by atoms with van der Waals surface area (Å²) in [7, 11) is 0. The van der Waals surface area contributed by atoms with E-state index in [1.165, 1.54) is 11.3 Å². The molecule has 26 heavy (non-hydrogen) atoms. The Morgan fingerprint density at radius 3 is 2.69 bits per heavy atom. The summed E-state index contributed by atoms with van der Waals surface area (Å²) >= 11 is 0. The zero-order chi connectivity index (χ0) is 17.9. The van der Waals surface area contributed by atoms with E-state index in [0.717, 1.165) is 23.5 Å². The smallest absolute Gasteiger partial charge is 0.225 e. The second-order valence-electron chi connectivity index (χ2n) is 6.52. The minimum atomic E-state index is 0.359.